The summed E-state index contributed by atoms with van der Waals surface area (Å²) in [6.45, 7) is 0. The van der Waals surface area contributed by atoms with Gasteiger partial charge in [0, 0.05) is 11.1 Å². The standard InChI is InChI=1S/C15H19NO4/c17-13-9-5-1-2-6-10(9)14(18)16(13)12-8-4-3-7-11(12)15(19)20/h11-12H,1-8H2,(H,19,20). The van der Waals surface area contributed by atoms with E-state index >= 15 is 0 Å². The molecule has 108 valence electrons. The second-order valence-electron chi connectivity index (χ2n) is 5.94. The Balaban J connectivity index is 1.89. The average Bonchev–Trinajstić information content (AvgIpc) is 2.71. The van der Waals surface area contributed by atoms with E-state index in [1.165, 1.54) is 4.90 Å². The van der Waals surface area contributed by atoms with Gasteiger partial charge in [0.2, 0.25) is 0 Å². The SMILES string of the molecule is O=C(O)C1CCCCC1N1C(=O)C2=C(CCCC2)C1=O. The summed E-state index contributed by atoms with van der Waals surface area (Å²) >= 11 is 0. The van der Waals surface area contributed by atoms with Crippen molar-refractivity contribution in [3.63, 3.8) is 0 Å². The minimum absolute atomic E-state index is 0.220. The molecule has 5 nitrogen and oxygen atoms in total. The van der Waals surface area contributed by atoms with Crippen molar-refractivity contribution in [3.8, 4) is 0 Å². The van der Waals surface area contributed by atoms with Crippen LogP contribution in [0.15, 0.2) is 11.1 Å². The first kappa shape index (κ1) is 13.3. The molecule has 2 amide bonds. The number of hydrogen-bond donors (Lipinski definition) is 1. The molecule has 0 aromatic heterocycles. The van der Waals surface area contributed by atoms with Crippen LogP contribution in [0.5, 0.6) is 0 Å². The van der Waals surface area contributed by atoms with Crippen molar-refractivity contribution in [2.45, 2.75) is 57.4 Å². The lowest BCUT2D eigenvalue weighted by Gasteiger charge is -2.34. The minimum Gasteiger partial charge on any atom is -0.481 e. The van der Waals surface area contributed by atoms with Crippen LogP contribution in [0.25, 0.3) is 0 Å². The van der Waals surface area contributed by atoms with Crippen LogP contribution in [-0.4, -0.2) is 33.8 Å². The summed E-state index contributed by atoms with van der Waals surface area (Å²) in [5.74, 6) is -1.93. The second-order valence-corrected chi connectivity index (χ2v) is 5.94. The van der Waals surface area contributed by atoms with Gasteiger partial charge in [-0.15, -0.1) is 0 Å². The van der Waals surface area contributed by atoms with E-state index in [9.17, 15) is 19.5 Å². The first-order valence-electron chi connectivity index (χ1n) is 7.44. The van der Waals surface area contributed by atoms with Gasteiger partial charge in [-0.1, -0.05) is 12.8 Å². The lowest BCUT2D eigenvalue weighted by atomic mass is 9.83. The Hall–Kier alpha value is -1.65. The molecule has 1 heterocycles. The van der Waals surface area contributed by atoms with Crippen LogP contribution >= 0.6 is 0 Å². The third-order valence-corrected chi connectivity index (χ3v) is 4.80. The molecule has 2 atom stereocenters. The van der Waals surface area contributed by atoms with E-state index in [1.807, 2.05) is 0 Å². The predicted molar refractivity (Wildman–Crippen MR) is 70.7 cm³/mol. The Kier molecular flexibility index (Phi) is 3.36. The smallest absolute Gasteiger partial charge is 0.308 e. The maximum absolute atomic E-state index is 12.5. The zero-order chi connectivity index (χ0) is 14.3. The molecule has 0 aromatic rings. The highest BCUT2D eigenvalue weighted by Crippen LogP contribution is 2.38. The summed E-state index contributed by atoms with van der Waals surface area (Å²) in [4.78, 5) is 37.6. The molecule has 20 heavy (non-hydrogen) atoms. The lowest BCUT2D eigenvalue weighted by molar-refractivity contribution is -0.150. The summed E-state index contributed by atoms with van der Waals surface area (Å²) in [7, 11) is 0. The van der Waals surface area contributed by atoms with E-state index in [-0.39, 0.29) is 11.8 Å². The predicted octanol–water partition coefficient (Wildman–Crippen LogP) is 1.87. The van der Waals surface area contributed by atoms with Crippen molar-refractivity contribution < 1.29 is 19.5 Å². The molecule has 3 rings (SSSR count). The highest BCUT2D eigenvalue weighted by atomic mass is 16.4. The molecule has 1 N–H and O–H groups in total. The van der Waals surface area contributed by atoms with Crippen molar-refractivity contribution >= 4 is 17.8 Å². The third-order valence-electron chi connectivity index (χ3n) is 4.80. The van der Waals surface area contributed by atoms with Crippen molar-refractivity contribution in [1.29, 1.82) is 0 Å². The van der Waals surface area contributed by atoms with Crippen LogP contribution in [0.2, 0.25) is 0 Å². The van der Waals surface area contributed by atoms with E-state index in [4.69, 9.17) is 0 Å². The normalized spacial score (nSPS) is 30.7. The highest BCUT2D eigenvalue weighted by molar-refractivity contribution is 6.19. The topological polar surface area (TPSA) is 74.7 Å². The number of rotatable bonds is 2. The van der Waals surface area contributed by atoms with Gasteiger partial charge in [0.05, 0.1) is 12.0 Å². The number of carbonyl (C=O) groups is 3. The Morgan fingerprint density at radius 3 is 2.05 bits per heavy atom. The molecule has 5 heteroatoms. The number of carboxylic acid groups (broad SMARTS) is 1. The van der Waals surface area contributed by atoms with E-state index in [2.05, 4.69) is 0 Å². The van der Waals surface area contributed by atoms with Crippen LogP contribution in [0.4, 0.5) is 0 Å². The molecular weight excluding hydrogens is 258 g/mol. The average molecular weight is 277 g/mol. The molecule has 1 fully saturated rings. The zero-order valence-electron chi connectivity index (χ0n) is 11.4. The first-order chi connectivity index (χ1) is 9.61. The van der Waals surface area contributed by atoms with Gasteiger partial charge in [-0.25, -0.2) is 0 Å². The molecular formula is C15H19NO4. The van der Waals surface area contributed by atoms with E-state index in [1.54, 1.807) is 0 Å². The molecule has 0 bridgehead atoms. The largest absolute Gasteiger partial charge is 0.481 e. The summed E-state index contributed by atoms with van der Waals surface area (Å²) < 4.78 is 0. The van der Waals surface area contributed by atoms with E-state index in [0.29, 0.717) is 36.8 Å². The summed E-state index contributed by atoms with van der Waals surface area (Å²) in [5, 5.41) is 9.34. The molecule has 0 spiro atoms. The van der Waals surface area contributed by atoms with Crippen LogP contribution in [-0.2, 0) is 14.4 Å². The number of imide groups is 1. The molecule has 2 unspecified atom stereocenters. The number of carbonyl (C=O) groups excluding carboxylic acids is 2. The van der Waals surface area contributed by atoms with Gasteiger partial charge in [0.25, 0.3) is 11.8 Å². The minimum atomic E-state index is -0.889. The van der Waals surface area contributed by atoms with Crippen LogP contribution in [0, 0.1) is 5.92 Å². The first-order valence-corrected chi connectivity index (χ1v) is 7.44. The Bertz CT molecular complexity index is 480. The summed E-state index contributed by atoms with van der Waals surface area (Å²) in [5.41, 5.74) is 1.30. The van der Waals surface area contributed by atoms with Gasteiger partial charge in [0.15, 0.2) is 0 Å². The molecule has 3 aliphatic rings. The molecule has 0 saturated heterocycles. The highest BCUT2D eigenvalue weighted by Gasteiger charge is 2.46. The molecule has 0 radical (unpaired) electrons. The van der Waals surface area contributed by atoms with Crippen molar-refractivity contribution in [2.75, 3.05) is 0 Å². The lowest BCUT2D eigenvalue weighted by Crippen LogP contribution is -2.49. The number of carboxylic acids is 1. The van der Waals surface area contributed by atoms with Gasteiger partial charge in [-0.2, -0.15) is 0 Å². The molecule has 2 aliphatic carbocycles. The monoisotopic (exact) mass is 277 g/mol. The van der Waals surface area contributed by atoms with Gasteiger partial charge in [-0.3, -0.25) is 19.3 Å². The Morgan fingerprint density at radius 2 is 1.50 bits per heavy atom. The molecule has 1 saturated carbocycles. The molecule has 1 aliphatic heterocycles. The fraction of sp³-hybridized carbons (Fsp3) is 0.667. The van der Waals surface area contributed by atoms with Crippen LogP contribution in [0.1, 0.15) is 51.4 Å². The Labute approximate surface area is 117 Å². The van der Waals surface area contributed by atoms with Gasteiger partial charge < -0.3 is 5.11 Å². The maximum atomic E-state index is 12.5. The van der Waals surface area contributed by atoms with Crippen molar-refractivity contribution in [3.05, 3.63) is 11.1 Å². The number of amides is 2. The molecule has 0 aromatic carbocycles. The van der Waals surface area contributed by atoms with E-state index in [0.717, 1.165) is 25.7 Å². The van der Waals surface area contributed by atoms with Crippen molar-refractivity contribution in [2.24, 2.45) is 5.92 Å². The van der Waals surface area contributed by atoms with Crippen molar-refractivity contribution in [1.82, 2.24) is 4.90 Å². The quantitative estimate of drug-likeness (QED) is 0.782. The van der Waals surface area contributed by atoms with Gasteiger partial charge in [-0.05, 0) is 38.5 Å². The Morgan fingerprint density at radius 1 is 0.950 bits per heavy atom. The van der Waals surface area contributed by atoms with Crippen LogP contribution < -0.4 is 0 Å². The van der Waals surface area contributed by atoms with Gasteiger partial charge in [0.1, 0.15) is 0 Å². The number of aliphatic carboxylic acids is 1. The zero-order valence-corrected chi connectivity index (χ0v) is 11.4. The summed E-state index contributed by atoms with van der Waals surface area (Å²) in [6, 6.07) is -0.452. The fourth-order valence-electron chi connectivity index (χ4n) is 3.77. The number of hydrogen-bond acceptors (Lipinski definition) is 3. The summed E-state index contributed by atoms with van der Waals surface area (Å²) in [6.07, 6.45) is 6.14. The third kappa shape index (κ3) is 1.96. The van der Waals surface area contributed by atoms with E-state index < -0.39 is 17.9 Å². The second kappa shape index (κ2) is 5.04. The van der Waals surface area contributed by atoms with Crippen LogP contribution in [0.3, 0.4) is 0 Å². The fourth-order valence-corrected chi connectivity index (χ4v) is 3.77. The maximum Gasteiger partial charge on any atom is 0.308 e. The van der Waals surface area contributed by atoms with Gasteiger partial charge >= 0.3 is 5.97 Å². The number of nitrogens with zero attached hydrogens (tertiary/aromatic N) is 1.